The SMILES string of the molecule is Nc1cccc2n[nH]nc12.O=C(Nc1ccccc1)Nc1cccc2n[nH]nc12.O=[N+]([O-])C1=CC=CC2NN=NC12. The molecule has 0 spiro atoms. The average Bonchev–Trinajstić information content (AvgIpc) is 3.75. The van der Waals surface area contributed by atoms with E-state index in [1.807, 2.05) is 54.6 Å². The number of hydrogen-bond acceptors (Lipinski definition) is 11. The lowest BCUT2D eigenvalue weighted by atomic mass is 10.0. The Kier molecular flexibility index (Phi) is 7.81. The van der Waals surface area contributed by atoms with Crippen LogP contribution in [0.4, 0.5) is 21.9 Å². The highest BCUT2D eigenvalue weighted by molar-refractivity contribution is 6.04. The van der Waals surface area contributed by atoms with Gasteiger partial charge in [-0.2, -0.15) is 35.9 Å². The van der Waals surface area contributed by atoms with Crippen LogP contribution in [0, 0.1) is 10.1 Å². The summed E-state index contributed by atoms with van der Waals surface area (Å²) >= 11 is 0. The van der Waals surface area contributed by atoms with E-state index in [4.69, 9.17) is 5.73 Å². The second-order valence-electron chi connectivity index (χ2n) is 8.53. The first-order valence-corrected chi connectivity index (χ1v) is 12.2. The van der Waals surface area contributed by atoms with Crippen LogP contribution in [0.2, 0.25) is 0 Å². The average molecular weight is 554 g/mol. The Labute approximate surface area is 230 Å². The Morgan fingerprint density at radius 1 is 0.878 bits per heavy atom. The van der Waals surface area contributed by atoms with Gasteiger partial charge in [0.1, 0.15) is 22.1 Å². The Hall–Kier alpha value is -6.19. The normalized spacial score (nSPS) is 16.3. The molecule has 5 aromatic rings. The van der Waals surface area contributed by atoms with Gasteiger partial charge in [-0.3, -0.25) is 15.5 Å². The second kappa shape index (κ2) is 12.1. The van der Waals surface area contributed by atoms with Gasteiger partial charge in [0.2, 0.25) is 0 Å². The van der Waals surface area contributed by atoms with Crippen molar-refractivity contribution in [3.8, 4) is 0 Å². The van der Waals surface area contributed by atoms with Crippen molar-refractivity contribution in [2.45, 2.75) is 12.1 Å². The lowest BCUT2D eigenvalue weighted by molar-refractivity contribution is -0.429. The van der Waals surface area contributed by atoms with Crippen LogP contribution in [0.1, 0.15) is 0 Å². The summed E-state index contributed by atoms with van der Waals surface area (Å²) in [5.74, 6) is 0. The largest absolute Gasteiger partial charge is 0.397 e. The number of anilines is 3. The number of nitrogen functional groups attached to an aromatic ring is 1. The number of benzene rings is 3. The van der Waals surface area contributed by atoms with E-state index in [-0.39, 0.29) is 17.8 Å². The van der Waals surface area contributed by atoms with E-state index in [1.165, 1.54) is 6.08 Å². The van der Waals surface area contributed by atoms with Crippen LogP contribution in [-0.2, 0) is 0 Å². The molecular weight excluding hydrogens is 530 g/mol. The lowest BCUT2D eigenvalue weighted by Gasteiger charge is -2.12. The van der Waals surface area contributed by atoms with E-state index in [0.29, 0.717) is 22.4 Å². The number of para-hydroxylation sites is 3. The van der Waals surface area contributed by atoms with Gasteiger partial charge in [0.15, 0.2) is 6.04 Å². The number of aromatic amines is 2. The molecule has 0 fully saturated rings. The first-order chi connectivity index (χ1) is 20.0. The molecule has 0 bridgehead atoms. The highest BCUT2D eigenvalue weighted by atomic mass is 16.6. The number of carbonyl (C=O) groups is 1. The third kappa shape index (κ3) is 6.28. The maximum absolute atomic E-state index is 11.9. The molecule has 16 heteroatoms. The number of nitrogens with two attached hydrogens (primary N) is 1. The standard InChI is InChI=1S/C13H11N5O.C6H6N4O2.C6H6N4/c19-13(14-9-5-2-1-3-6-9)15-10-7-4-8-11-12(10)17-18-16-11;11-10(12)5-3-1-2-4-6(5)8-9-7-4;7-4-2-1-3-5-6(4)9-10-8-5/h1-8H,(H2,14,15,19)(H,16,17,18);1-4,6H,(H,7,8);1-3H,7H2,(H,8,9,10). The molecule has 3 aromatic carbocycles. The van der Waals surface area contributed by atoms with Gasteiger partial charge in [0.25, 0.3) is 5.70 Å². The summed E-state index contributed by atoms with van der Waals surface area (Å²) in [6, 6.07) is 19.2. The molecule has 7 N–H and O–H groups in total. The van der Waals surface area contributed by atoms with E-state index in [0.717, 1.165) is 16.7 Å². The van der Waals surface area contributed by atoms with Crippen LogP contribution < -0.4 is 21.8 Å². The van der Waals surface area contributed by atoms with Crippen molar-refractivity contribution in [3.63, 3.8) is 0 Å². The zero-order valence-electron chi connectivity index (χ0n) is 21.2. The highest BCUT2D eigenvalue weighted by Crippen LogP contribution is 2.21. The predicted molar refractivity (Wildman–Crippen MR) is 151 cm³/mol. The van der Waals surface area contributed by atoms with Gasteiger partial charge in [-0.15, -0.1) is 0 Å². The van der Waals surface area contributed by atoms with Crippen molar-refractivity contribution in [2.75, 3.05) is 16.4 Å². The van der Waals surface area contributed by atoms with Crippen molar-refractivity contribution >= 4 is 45.2 Å². The van der Waals surface area contributed by atoms with Gasteiger partial charge in [-0.25, -0.2) is 4.79 Å². The summed E-state index contributed by atoms with van der Waals surface area (Å²) in [5, 5.41) is 43.9. The molecule has 2 amide bonds. The maximum atomic E-state index is 11.9. The molecular formula is C25H23N13O3. The van der Waals surface area contributed by atoms with Crippen molar-refractivity contribution in [2.24, 2.45) is 10.3 Å². The first kappa shape index (κ1) is 26.4. The molecule has 0 radical (unpaired) electrons. The minimum atomic E-state index is -0.454. The van der Waals surface area contributed by atoms with Crippen molar-refractivity contribution in [1.29, 1.82) is 0 Å². The molecule has 0 saturated heterocycles. The van der Waals surface area contributed by atoms with E-state index in [9.17, 15) is 14.9 Å². The summed E-state index contributed by atoms with van der Waals surface area (Å²) in [7, 11) is 0. The number of hydrogen-bond donors (Lipinski definition) is 6. The number of fused-ring (bicyclic) bond motifs is 3. The Morgan fingerprint density at radius 3 is 2.32 bits per heavy atom. The summed E-state index contributed by atoms with van der Waals surface area (Å²) in [6.07, 6.45) is 4.90. The predicted octanol–water partition coefficient (Wildman–Crippen LogP) is 3.57. The monoisotopic (exact) mass is 553 g/mol. The number of aromatic nitrogens is 6. The van der Waals surface area contributed by atoms with Crippen molar-refractivity contribution < 1.29 is 9.72 Å². The summed E-state index contributed by atoms with van der Waals surface area (Å²) in [4.78, 5) is 21.9. The van der Waals surface area contributed by atoms with E-state index in [2.05, 4.69) is 57.2 Å². The van der Waals surface area contributed by atoms with Crippen molar-refractivity contribution in [1.82, 2.24) is 36.2 Å². The summed E-state index contributed by atoms with van der Waals surface area (Å²) in [6.45, 7) is 0. The van der Waals surface area contributed by atoms with Gasteiger partial charge >= 0.3 is 6.03 Å². The maximum Gasteiger partial charge on any atom is 0.323 e. The molecule has 0 saturated carbocycles. The van der Waals surface area contributed by atoms with Crippen LogP contribution in [0.5, 0.6) is 0 Å². The fourth-order valence-corrected chi connectivity index (χ4v) is 3.90. The summed E-state index contributed by atoms with van der Waals surface area (Å²) in [5.41, 5.74) is 13.2. The molecule has 1 aliphatic carbocycles. The van der Waals surface area contributed by atoms with Crippen LogP contribution in [0.15, 0.2) is 101 Å². The Balaban J connectivity index is 0.000000132. The van der Waals surface area contributed by atoms with Gasteiger partial charge in [-0.05, 0) is 36.4 Å². The number of nitrogens with zero attached hydrogens (tertiary/aromatic N) is 7. The van der Waals surface area contributed by atoms with Gasteiger partial charge < -0.3 is 16.4 Å². The minimum absolute atomic E-state index is 0.0938. The number of urea groups is 1. The number of amides is 2. The van der Waals surface area contributed by atoms with Crippen LogP contribution >= 0.6 is 0 Å². The summed E-state index contributed by atoms with van der Waals surface area (Å²) < 4.78 is 0. The van der Waals surface area contributed by atoms with Gasteiger partial charge in [-0.1, -0.05) is 47.7 Å². The molecule has 2 aliphatic rings. The fraction of sp³-hybridized carbons (Fsp3) is 0.0800. The van der Waals surface area contributed by atoms with Crippen LogP contribution in [0.25, 0.3) is 22.1 Å². The van der Waals surface area contributed by atoms with Gasteiger partial charge in [0, 0.05) is 11.8 Å². The third-order valence-corrected chi connectivity index (χ3v) is 5.83. The highest BCUT2D eigenvalue weighted by Gasteiger charge is 2.36. The first-order valence-electron chi connectivity index (χ1n) is 12.2. The molecule has 7 rings (SSSR count). The molecule has 2 unspecified atom stereocenters. The zero-order valence-corrected chi connectivity index (χ0v) is 21.2. The molecule has 3 heterocycles. The quantitative estimate of drug-likeness (QED) is 0.109. The molecule has 206 valence electrons. The number of nitrogens with one attached hydrogen (secondary N) is 5. The number of nitro groups is 1. The topological polar surface area (TPSA) is 230 Å². The smallest absolute Gasteiger partial charge is 0.323 e. The van der Waals surface area contributed by atoms with Crippen molar-refractivity contribution in [3.05, 3.63) is 101 Å². The number of H-pyrrole nitrogens is 2. The molecule has 41 heavy (non-hydrogen) atoms. The molecule has 16 nitrogen and oxygen atoms in total. The van der Waals surface area contributed by atoms with Crippen LogP contribution in [-0.4, -0.2) is 53.9 Å². The Bertz CT molecular complexity index is 1760. The fourth-order valence-electron chi connectivity index (χ4n) is 3.90. The molecule has 2 aromatic heterocycles. The molecule has 2 atom stereocenters. The Morgan fingerprint density at radius 2 is 1.59 bits per heavy atom. The third-order valence-electron chi connectivity index (χ3n) is 5.83. The van der Waals surface area contributed by atoms with E-state index >= 15 is 0 Å². The molecule has 1 aliphatic heterocycles. The lowest BCUT2D eigenvalue weighted by Crippen LogP contribution is -2.33. The number of rotatable bonds is 3. The second-order valence-corrected chi connectivity index (χ2v) is 8.53. The van der Waals surface area contributed by atoms with E-state index in [1.54, 1.807) is 24.3 Å². The van der Waals surface area contributed by atoms with E-state index < -0.39 is 11.0 Å². The minimum Gasteiger partial charge on any atom is -0.397 e. The van der Waals surface area contributed by atoms with Crippen LogP contribution in [0.3, 0.4) is 0 Å². The number of allylic oxidation sites excluding steroid dienone is 2. The van der Waals surface area contributed by atoms with Gasteiger partial charge in [0.05, 0.1) is 22.3 Å². The number of carbonyl (C=O) groups excluding carboxylic acids is 1. The zero-order chi connectivity index (χ0) is 28.6.